The third-order valence-corrected chi connectivity index (χ3v) is 7.01. The minimum atomic E-state index is -2.84. The highest BCUT2D eigenvalue weighted by atomic mass is 35.5. The molecule has 174 valence electrons. The second-order valence-corrected chi connectivity index (χ2v) is 8.99. The lowest BCUT2D eigenvalue weighted by molar-refractivity contribution is -0.0598. The first-order valence-corrected chi connectivity index (χ1v) is 10.6. The Morgan fingerprint density at radius 3 is 2.58 bits per heavy atom. The predicted molar refractivity (Wildman–Crippen MR) is 107 cm³/mol. The number of rotatable bonds is 5. The van der Waals surface area contributed by atoms with E-state index < -0.39 is 40.9 Å². The molecule has 6 rings (SSSR count). The average Bonchev–Trinajstić information content (AvgIpc) is 3.47. The van der Waals surface area contributed by atoms with E-state index in [1.807, 2.05) is 0 Å². The lowest BCUT2D eigenvalue weighted by Gasteiger charge is -2.54. The summed E-state index contributed by atoms with van der Waals surface area (Å²) in [5.74, 6) is -1.16. The summed E-state index contributed by atoms with van der Waals surface area (Å²) < 4.78 is 49.5. The molecule has 0 spiro atoms. The van der Waals surface area contributed by atoms with Crippen molar-refractivity contribution >= 4 is 17.5 Å². The number of halogens is 4. The van der Waals surface area contributed by atoms with Gasteiger partial charge in [0.1, 0.15) is 5.82 Å². The number of amides is 1. The van der Waals surface area contributed by atoms with Gasteiger partial charge in [0.15, 0.2) is 5.69 Å². The monoisotopic (exact) mass is 482 g/mol. The van der Waals surface area contributed by atoms with Gasteiger partial charge in [-0.3, -0.25) is 4.79 Å². The van der Waals surface area contributed by atoms with Crippen molar-refractivity contribution in [2.24, 2.45) is 0 Å². The van der Waals surface area contributed by atoms with E-state index in [0.717, 1.165) is 6.07 Å². The van der Waals surface area contributed by atoms with Crippen LogP contribution in [-0.2, 0) is 5.41 Å². The van der Waals surface area contributed by atoms with E-state index >= 15 is 0 Å². The molecule has 8 nitrogen and oxygen atoms in total. The maximum absolute atomic E-state index is 13.8. The van der Waals surface area contributed by atoms with E-state index in [4.69, 9.17) is 20.6 Å². The van der Waals surface area contributed by atoms with E-state index in [2.05, 4.69) is 20.6 Å². The van der Waals surface area contributed by atoms with Gasteiger partial charge in [-0.15, -0.1) is 0 Å². The smallest absolute Gasteiger partial charge is 0.290 e. The van der Waals surface area contributed by atoms with Crippen LogP contribution < -0.4 is 5.32 Å². The van der Waals surface area contributed by atoms with Gasteiger partial charge in [0.05, 0.1) is 16.5 Å². The summed E-state index contributed by atoms with van der Waals surface area (Å²) in [5, 5.41) is 20.9. The summed E-state index contributed by atoms with van der Waals surface area (Å²) in [6, 6.07) is 5.07. The zero-order valence-corrected chi connectivity index (χ0v) is 17.8. The van der Waals surface area contributed by atoms with Gasteiger partial charge in [-0.2, -0.15) is 4.98 Å². The molecule has 1 aromatic carbocycles. The molecule has 3 aliphatic rings. The van der Waals surface area contributed by atoms with Crippen LogP contribution in [0.5, 0.6) is 0 Å². The molecule has 2 heterocycles. The lowest BCUT2D eigenvalue weighted by atomic mass is 9.55. The third kappa shape index (κ3) is 3.68. The molecule has 1 unspecified atom stereocenters. The van der Waals surface area contributed by atoms with Crippen molar-refractivity contribution in [2.75, 3.05) is 0 Å². The molecule has 3 aromatic rings. The highest BCUT2D eigenvalue weighted by Gasteiger charge is 2.58. The van der Waals surface area contributed by atoms with Crippen LogP contribution in [0.1, 0.15) is 60.7 Å². The van der Waals surface area contributed by atoms with Crippen LogP contribution in [0.4, 0.5) is 13.2 Å². The van der Waals surface area contributed by atoms with Crippen LogP contribution in [0, 0.1) is 5.82 Å². The zero-order chi connectivity index (χ0) is 23.4. The normalized spacial score (nSPS) is 26.7. The molecular formula is C21H18ClF3N4O4. The Hall–Kier alpha value is -2.92. The quantitative estimate of drug-likeness (QED) is 0.560. The van der Waals surface area contributed by atoms with E-state index in [0.29, 0.717) is 31.2 Å². The molecule has 3 aliphatic carbocycles. The number of aromatic nitrogens is 3. The molecular weight excluding hydrogens is 465 g/mol. The number of nitrogens with one attached hydrogen (secondary N) is 1. The first kappa shape index (κ1) is 21.9. The third-order valence-electron chi connectivity index (χ3n) is 6.71. The summed E-state index contributed by atoms with van der Waals surface area (Å²) in [5.41, 5.74) is -1.74. The minimum absolute atomic E-state index is 0.0230. The van der Waals surface area contributed by atoms with Gasteiger partial charge < -0.3 is 19.5 Å². The van der Waals surface area contributed by atoms with E-state index in [1.165, 1.54) is 12.1 Å². The minimum Gasteiger partial charge on any atom is -0.392 e. The van der Waals surface area contributed by atoms with E-state index in [-0.39, 0.29) is 28.9 Å². The number of hydrogen-bond acceptors (Lipinski definition) is 7. The van der Waals surface area contributed by atoms with Crippen LogP contribution in [0.2, 0.25) is 5.02 Å². The van der Waals surface area contributed by atoms with Crippen molar-refractivity contribution in [1.82, 2.24) is 20.6 Å². The zero-order valence-electron chi connectivity index (χ0n) is 17.0. The van der Waals surface area contributed by atoms with E-state index in [9.17, 15) is 23.1 Å². The standard InChI is InChI=1S/C21H18ClF3N4O4/c22-11-2-1-10(7-12(11)23)17-26-19(33-29-17)21-5-3-20(4-6-21,9-15(21)30)27-18(31)14-8-13(16(24)25)28-32-14/h1-2,7-8,15-16,30H,3-6,9H2,(H,27,31). The summed E-state index contributed by atoms with van der Waals surface area (Å²) in [7, 11) is 0. The summed E-state index contributed by atoms with van der Waals surface area (Å²) in [6.07, 6.45) is -1.64. The van der Waals surface area contributed by atoms with Gasteiger partial charge in [-0.25, -0.2) is 13.2 Å². The second-order valence-electron chi connectivity index (χ2n) is 8.58. The second kappa shape index (κ2) is 7.84. The van der Waals surface area contributed by atoms with Crippen molar-refractivity contribution in [2.45, 2.75) is 55.6 Å². The van der Waals surface area contributed by atoms with Crippen LogP contribution >= 0.6 is 11.6 Å². The molecule has 3 saturated carbocycles. The Labute approximate surface area is 190 Å². The van der Waals surface area contributed by atoms with Gasteiger partial charge in [0.25, 0.3) is 12.3 Å². The van der Waals surface area contributed by atoms with Crippen LogP contribution in [0.3, 0.4) is 0 Å². The Morgan fingerprint density at radius 1 is 1.18 bits per heavy atom. The first-order valence-electron chi connectivity index (χ1n) is 10.3. The van der Waals surface area contributed by atoms with Crippen LogP contribution in [0.25, 0.3) is 11.4 Å². The molecule has 2 bridgehead atoms. The molecule has 12 heteroatoms. The topological polar surface area (TPSA) is 114 Å². The van der Waals surface area contributed by atoms with Gasteiger partial charge in [-0.1, -0.05) is 21.9 Å². The van der Waals surface area contributed by atoms with Crippen LogP contribution in [0.15, 0.2) is 33.3 Å². The molecule has 2 N–H and O–H groups in total. The molecule has 0 aliphatic heterocycles. The summed E-state index contributed by atoms with van der Waals surface area (Å²) >= 11 is 5.72. The molecule has 0 radical (unpaired) electrons. The summed E-state index contributed by atoms with van der Waals surface area (Å²) in [6.45, 7) is 0. The first-order chi connectivity index (χ1) is 15.7. The highest BCUT2D eigenvalue weighted by Crippen LogP contribution is 2.53. The Balaban J connectivity index is 1.33. The van der Waals surface area contributed by atoms with Crippen molar-refractivity contribution < 1.29 is 32.1 Å². The van der Waals surface area contributed by atoms with E-state index in [1.54, 1.807) is 6.07 Å². The number of nitrogens with zero attached hydrogens (tertiary/aromatic N) is 3. The fourth-order valence-corrected chi connectivity index (χ4v) is 4.91. The maximum Gasteiger partial charge on any atom is 0.290 e. The number of carbonyl (C=O) groups excluding carboxylic acids is 1. The van der Waals surface area contributed by atoms with Gasteiger partial charge in [0.2, 0.25) is 17.5 Å². The number of fused-ring (bicyclic) bond motifs is 3. The fourth-order valence-electron chi connectivity index (χ4n) is 4.79. The number of alkyl halides is 2. The number of benzene rings is 1. The average molecular weight is 483 g/mol. The molecule has 2 aromatic heterocycles. The molecule has 33 heavy (non-hydrogen) atoms. The van der Waals surface area contributed by atoms with Crippen molar-refractivity contribution in [3.63, 3.8) is 0 Å². The molecule has 3 fully saturated rings. The van der Waals surface area contributed by atoms with Gasteiger partial charge in [0, 0.05) is 17.2 Å². The van der Waals surface area contributed by atoms with Crippen LogP contribution in [-0.4, -0.2) is 38.0 Å². The maximum atomic E-state index is 13.8. The van der Waals surface area contributed by atoms with Crippen molar-refractivity contribution in [3.05, 3.63) is 52.5 Å². The summed E-state index contributed by atoms with van der Waals surface area (Å²) in [4.78, 5) is 17.0. The van der Waals surface area contributed by atoms with Gasteiger partial charge >= 0.3 is 0 Å². The molecule has 1 amide bonds. The number of carbonyl (C=O) groups is 1. The Kier molecular flexibility index (Phi) is 5.20. The Bertz CT molecular complexity index is 1210. The van der Waals surface area contributed by atoms with Crippen molar-refractivity contribution in [3.8, 4) is 11.4 Å². The Morgan fingerprint density at radius 2 is 1.94 bits per heavy atom. The predicted octanol–water partition coefficient (Wildman–Crippen LogP) is 4.20. The number of hydrogen-bond donors (Lipinski definition) is 2. The molecule has 1 atom stereocenters. The fraction of sp³-hybridized carbons (Fsp3) is 0.429. The number of aliphatic hydroxyl groups is 1. The lowest BCUT2D eigenvalue weighted by Crippen LogP contribution is -2.63. The van der Waals surface area contributed by atoms with Gasteiger partial charge in [-0.05, 0) is 50.3 Å². The number of aliphatic hydroxyl groups excluding tert-OH is 1. The van der Waals surface area contributed by atoms with Crippen molar-refractivity contribution in [1.29, 1.82) is 0 Å². The highest BCUT2D eigenvalue weighted by molar-refractivity contribution is 6.30. The molecule has 0 saturated heterocycles. The SMILES string of the molecule is O=C(NC12CCC(c3nc(-c4ccc(Cl)c(F)c4)no3)(CC1)C(O)C2)c1cc(C(F)F)no1. The largest absolute Gasteiger partial charge is 0.392 e.